The number of thiocarbonyl (C=S) groups is 1. The first kappa shape index (κ1) is 19.4. The van der Waals surface area contributed by atoms with Crippen LogP contribution in [0.1, 0.15) is 12.5 Å². The van der Waals surface area contributed by atoms with Crippen molar-refractivity contribution < 1.29 is 14.3 Å². The summed E-state index contributed by atoms with van der Waals surface area (Å²) in [4.78, 5) is 26.4. The molecule has 2 amide bonds. The highest BCUT2D eigenvalue weighted by Crippen LogP contribution is 2.28. The molecular formula is C19H14Cl2N2O3S. The summed E-state index contributed by atoms with van der Waals surface area (Å²) in [5, 5.41) is 3.18. The molecule has 1 saturated heterocycles. The van der Waals surface area contributed by atoms with Crippen molar-refractivity contribution in [3.05, 3.63) is 63.6 Å². The molecule has 1 N–H and O–H groups in total. The van der Waals surface area contributed by atoms with E-state index in [0.717, 1.165) is 0 Å². The molecule has 138 valence electrons. The minimum absolute atomic E-state index is 0.0350. The molecule has 1 aliphatic heterocycles. The molecule has 3 rings (SSSR count). The van der Waals surface area contributed by atoms with Gasteiger partial charge < -0.3 is 4.74 Å². The van der Waals surface area contributed by atoms with Crippen LogP contribution in [-0.4, -0.2) is 23.5 Å². The SMILES string of the molecule is CCOc1ccc(/C=C2/C(=O)NC(=S)N(c3cc(Cl)cc(Cl)c3)C2=O)cc1. The van der Waals surface area contributed by atoms with Gasteiger partial charge in [0.25, 0.3) is 11.8 Å². The Hall–Kier alpha value is -2.41. The Bertz CT molecular complexity index is 938. The molecule has 1 aliphatic rings. The summed E-state index contributed by atoms with van der Waals surface area (Å²) in [7, 11) is 0. The van der Waals surface area contributed by atoms with Gasteiger partial charge in [0.05, 0.1) is 12.3 Å². The highest BCUT2D eigenvalue weighted by Gasteiger charge is 2.34. The number of hydrogen-bond donors (Lipinski definition) is 1. The maximum absolute atomic E-state index is 12.9. The van der Waals surface area contributed by atoms with Gasteiger partial charge in [-0.25, -0.2) is 0 Å². The summed E-state index contributed by atoms with van der Waals surface area (Å²) >= 11 is 17.2. The van der Waals surface area contributed by atoms with Crippen molar-refractivity contribution >= 4 is 64.1 Å². The molecule has 0 aromatic heterocycles. The number of amides is 2. The second-order valence-electron chi connectivity index (χ2n) is 5.59. The van der Waals surface area contributed by atoms with Gasteiger partial charge >= 0.3 is 0 Å². The number of carbonyl (C=O) groups is 2. The summed E-state index contributed by atoms with van der Waals surface area (Å²) in [6, 6.07) is 11.7. The lowest BCUT2D eigenvalue weighted by molar-refractivity contribution is -0.122. The van der Waals surface area contributed by atoms with Gasteiger partial charge in [0.15, 0.2) is 5.11 Å². The van der Waals surface area contributed by atoms with Crippen LogP contribution >= 0.6 is 35.4 Å². The fourth-order valence-electron chi connectivity index (χ4n) is 2.55. The van der Waals surface area contributed by atoms with Crippen LogP contribution in [0.15, 0.2) is 48.0 Å². The molecule has 0 radical (unpaired) electrons. The van der Waals surface area contributed by atoms with Crippen LogP contribution in [0, 0.1) is 0 Å². The van der Waals surface area contributed by atoms with Gasteiger partial charge in [0.1, 0.15) is 11.3 Å². The van der Waals surface area contributed by atoms with E-state index in [1.807, 2.05) is 6.92 Å². The van der Waals surface area contributed by atoms with E-state index in [4.69, 9.17) is 40.2 Å². The quantitative estimate of drug-likeness (QED) is 0.456. The van der Waals surface area contributed by atoms with Crippen molar-refractivity contribution in [2.75, 3.05) is 11.5 Å². The Kier molecular flexibility index (Phi) is 5.79. The van der Waals surface area contributed by atoms with E-state index in [0.29, 0.717) is 33.7 Å². The standard InChI is InChI=1S/C19H14Cl2N2O3S/c1-2-26-15-5-3-11(4-6-15)7-16-17(24)22-19(27)23(18(16)25)14-9-12(20)8-13(21)10-14/h3-10H,2H2,1H3,(H,22,24,27)/b16-7-. The fourth-order valence-corrected chi connectivity index (χ4v) is 3.35. The Morgan fingerprint density at radius 2 is 1.74 bits per heavy atom. The van der Waals surface area contributed by atoms with Crippen LogP contribution in [0.5, 0.6) is 5.75 Å². The summed E-state index contributed by atoms with van der Waals surface area (Å²) in [6.07, 6.45) is 1.49. The Morgan fingerprint density at radius 1 is 1.11 bits per heavy atom. The molecule has 0 bridgehead atoms. The zero-order chi connectivity index (χ0) is 19.6. The summed E-state index contributed by atoms with van der Waals surface area (Å²) in [5.41, 5.74) is 0.998. The predicted molar refractivity (Wildman–Crippen MR) is 110 cm³/mol. The van der Waals surface area contributed by atoms with E-state index in [1.54, 1.807) is 42.5 Å². The zero-order valence-corrected chi connectivity index (χ0v) is 16.5. The monoisotopic (exact) mass is 420 g/mol. The largest absolute Gasteiger partial charge is 0.494 e. The highest BCUT2D eigenvalue weighted by atomic mass is 35.5. The summed E-state index contributed by atoms with van der Waals surface area (Å²) < 4.78 is 5.39. The lowest BCUT2D eigenvalue weighted by Crippen LogP contribution is -2.54. The van der Waals surface area contributed by atoms with Crippen LogP contribution in [0.4, 0.5) is 5.69 Å². The number of hydrogen-bond acceptors (Lipinski definition) is 4. The predicted octanol–water partition coefficient (Wildman–Crippen LogP) is 4.22. The molecule has 2 aromatic rings. The molecule has 0 saturated carbocycles. The van der Waals surface area contributed by atoms with Crippen molar-refractivity contribution in [3.8, 4) is 5.75 Å². The molecular weight excluding hydrogens is 407 g/mol. The van der Waals surface area contributed by atoms with Gasteiger partial charge in [-0.2, -0.15) is 0 Å². The third-order valence-electron chi connectivity index (χ3n) is 3.71. The number of anilines is 1. The first-order valence-electron chi connectivity index (χ1n) is 7.99. The molecule has 5 nitrogen and oxygen atoms in total. The number of ether oxygens (including phenoxy) is 1. The van der Waals surface area contributed by atoms with E-state index in [1.165, 1.54) is 11.0 Å². The number of nitrogens with one attached hydrogen (secondary N) is 1. The van der Waals surface area contributed by atoms with Crippen LogP contribution in [-0.2, 0) is 9.59 Å². The number of rotatable bonds is 4. The van der Waals surface area contributed by atoms with Crippen molar-refractivity contribution in [2.45, 2.75) is 6.92 Å². The average molecular weight is 421 g/mol. The number of carbonyl (C=O) groups excluding carboxylic acids is 2. The lowest BCUT2D eigenvalue weighted by atomic mass is 10.1. The molecule has 1 heterocycles. The Labute approximate surface area is 171 Å². The van der Waals surface area contributed by atoms with Gasteiger partial charge in [-0.1, -0.05) is 35.3 Å². The normalized spacial score (nSPS) is 15.9. The molecule has 27 heavy (non-hydrogen) atoms. The van der Waals surface area contributed by atoms with Gasteiger partial charge in [-0.3, -0.25) is 19.8 Å². The number of benzene rings is 2. The Morgan fingerprint density at radius 3 is 2.33 bits per heavy atom. The topological polar surface area (TPSA) is 58.6 Å². The second kappa shape index (κ2) is 8.08. The van der Waals surface area contributed by atoms with Gasteiger partial charge in [-0.05, 0) is 61.1 Å². The average Bonchev–Trinajstić information content (AvgIpc) is 2.59. The third-order valence-corrected chi connectivity index (χ3v) is 4.43. The van der Waals surface area contributed by atoms with E-state index >= 15 is 0 Å². The number of halogens is 2. The lowest BCUT2D eigenvalue weighted by Gasteiger charge is -2.29. The van der Waals surface area contributed by atoms with Crippen molar-refractivity contribution in [1.82, 2.24) is 5.32 Å². The van der Waals surface area contributed by atoms with Gasteiger partial charge in [0.2, 0.25) is 0 Å². The minimum Gasteiger partial charge on any atom is -0.494 e. The third kappa shape index (κ3) is 4.30. The fraction of sp³-hybridized carbons (Fsp3) is 0.105. The maximum Gasteiger partial charge on any atom is 0.270 e. The number of nitrogens with zero attached hydrogens (tertiary/aromatic N) is 1. The van der Waals surface area contributed by atoms with Crippen molar-refractivity contribution in [1.29, 1.82) is 0 Å². The first-order chi connectivity index (χ1) is 12.9. The van der Waals surface area contributed by atoms with Crippen molar-refractivity contribution in [3.63, 3.8) is 0 Å². The van der Waals surface area contributed by atoms with Crippen LogP contribution in [0.2, 0.25) is 10.0 Å². The van der Waals surface area contributed by atoms with Gasteiger partial charge in [0, 0.05) is 10.0 Å². The molecule has 0 aliphatic carbocycles. The summed E-state index contributed by atoms with van der Waals surface area (Å²) in [6.45, 7) is 2.44. The van der Waals surface area contributed by atoms with Crippen LogP contribution < -0.4 is 15.0 Å². The van der Waals surface area contributed by atoms with Crippen LogP contribution in [0.3, 0.4) is 0 Å². The summed E-state index contributed by atoms with van der Waals surface area (Å²) in [5.74, 6) is -0.422. The molecule has 0 atom stereocenters. The van der Waals surface area contributed by atoms with E-state index < -0.39 is 11.8 Å². The zero-order valence-electron chi connectivity index (χ0n) is 14.2. The van der Waals surface area contributed by atoms with Crippen LogP contribution in [0.25, 0.3) is 6.08 Å². The van der Waals surface area contributed by atoms with E-state index in [9.17, 15) is 9.59 Å². The molecule has 8 heteroatoms. The smallest absolute Gasteiger partial charge is 0.270 e. The Balaban J connectivity index is 1.96. The maximum atomic E-state index is 12.9. The van der Waals surface area contributed by atoms with Gasteiger partial charge in [-0.15, -0.1) is 0 Å². The molecule has 2 aromatic carbocycles. The highest BCUT2D eigenvalue weighted by molar-refractivity contribution is 7.80. The molecule has 1 fully saturated rings. The molecule has 0 spiro atoms. The first-order valence-corrected chi connectivity index (χ1v) is 9.16. The molecule has 0 unspecified atom stereocenters. The van der Waals surface area contributed by atoms with E-state index in [2.05, 4.69) is 5.32 Å². The van der Waals surface area contributed by atoms with Crippen molar-refractivity contribution in [2.24, 2.45) is 0 Å². The van der Waals surface area contributed by atoms with E-state index in [-0.39, 0.29) is 10.7 Å². The minimum atomic E-state index is -0.566. The second-order valence-corrected chi connectivity index (χ2v) is 6.85.